The second kappa shape index (κ2) is 7.72. The highest BCUT2D eigenvalue weighted by molar-refractivity contribution is 6.16. The fourth-order valence-corrected chi connectivity index (χ4v) is 4.76. The average molecular weight is 451 g/mol. The molecule has 1 N–H and O–H groups in total. The number of ether oxygens (including phenoxy) is 1. The van der Waals surface area contributed by atoms with Crippen molar-refractivity contribution < 1.29 is 23.9 Å². The van der Waals surface area contributed by atoms with Crippen LogP contribution in [0.1, 0.15) is 55.9 Å². The zero-order valence-electron chi connectivity index (χ0n) is 18.5. The number of carbonyl (C=O) groups excluding carboxylic acids is 4. The van der Waals surface area contributed by atoms with Gasteiger partial charge in [0.25, 0.3) is 11.8 Å². The van der Waals surface area contributed by atoms with Gasteiger partial charge in [-0.3, -0.25) is 19.3 Å². The molecule has 2 aliphatic heterocycles. The second-order valence-electron chi connectivity index (χ2n) is 8.85. The van der Waals surface area contributed by atoms with Gasteiger partial charge in [0.05, 0.1) is 17.4 Å². The van der Waals surface area contributed by atoms with Crippen LogP contribution in [0.2, 0.25) is 0 Å². The molecule has 1 aromatic carbocycles. The molecule has 3 amide bonds. The van der Waals surface area contributed by atoms with Gasteiger partial charge in [-0.2, -0.15) is 5.10 Å². The maximum atomic E-state index is 13.5. The first-order chi connectivity index (χ1) is 15.8. The van der Waals surface area contributed by atoms with Crippen LogP contribution < -0.4 is 10.2 Å². The average Bonchev–Trinajstić information content (AvgIpc) is 3.41. The van der Waals surface area contributed by atoms with Gasteiger partial charge in [-0.1, -0.05) is 12.1 Å². The van der Waals surface area contributed by atoms with Crippen molar-refractivity contribution >= 4 is 35.2 Å². The van der Waals surface area contributed by atoms with Crippen molar-refractivity contribution in [2.45, 2.75) is 57.3 Å². The summed E-state index contributed by atoms with van der Waals surface area (Å²) in [5.41, 5.74) is -0.768. The van der Waals surface area contributed by atoms with E-state index in [1.165, 1.54) is 9.80 Å². The largest absolute Gasteiger partial charge is 0.452 e. The van der Waals surface area contributed by atoms with Crippen molar-refractivity contribution in [3.63, 3.8) is 0 Å². The third-order valence-electron chi connectivity index (χ3n) is 6.30. The maximum absolute atomic E-state index is 13.5. The molecule has 1 unspecified atom stereocenters. The summed E-state index contributed by atoms with van der Waals surface area (Å²) in [6.45, 7) is 3.32. The molecule has 172 valence electrons. The molecule has 3 aliphatic rings. The molecule has 10 nitrogen and oxygen atoms in total. The van der Waals surface area contributed by atoms with E-state index in [0.29, 0.717) is 17.1 Å². The van der Waals surface area contributed by atoms with E-state index in [1.54, 1.807) is 41.2 Å². The van der Waals surface area contributed by atoms with Gasteiger partial charge in [-0.15, -0.1) is 0 Å². The zero-order chi connectivity index (χ0) is 23.3. The number of nitrogens with one attached hydrogen (secondary N) is 1. The summed E-state index contributed by atoms with van der Waals surface area (Å²) < 4.78 is 7.09. The van der Waals surface area contributed by atoms with Crippen LogP contribution in [-0.2, 0) is 19.1 Å². The van der Waals surface area contributed by atoms with Crippen molar-refractivity contribution in [2.24, 2.45) is 0 Å². The third kappa shape index (κ3) is 3.28. The molecule has 3 heterocycles. The van der Waals surface area contributed by atoms with Crippen molar-refractivity contribution in [3.8, 4) is 0 Å². The molecule has 0 spiro atoms. The van der Waals surface area contributed by atoms with E-state index in [9.17, 15) is 19.2 Å². The topological polar surface area (TPSA) is 114 Å². The van der Waals surface area contributed by atoms with Crippen LogP contribution in [0.5, 0.6) is 0 Å². The van der Waals surface area contributed by atoms with E-state index in [2.05, 4.69) is 10.4 Å². The molecule has 1 aromatic heterocycles. The molecule has 1 saturated carbocycles. The number of rotatable bonds is 6. The highest BCUT2D eigenvalue weighted by Gasteiger charge is 2.64. The van der Waals surface area contributed by atoms with Crippen LogP contribution in [-0.4, -0.2) is 56.7 Å². The lowest BCUT2D eigenvalue weighted by Gasteiger charge is -2.48. The summed E-state index contributed by atoms with van der Waals surface area (Å²) in [7, 11) is 0. The van der Waals surface area contributed by atoms with Crippen LogP contribution in [0.3, 0.4) is 0 Å². The number of hydrogen-bond donors (Lipinski definition) is 1. The van der Waals surface area contributed by atoms with E-state index in [4.69, 9.17) is 4.74 Å². The number of esters is 1. The fourth-order valence-electron chi connectivity index (χ4n) is 4.76. The van der Waals surface area contributed by atoms with Crippen molar-refractivity contribution in [1.29, 1.82) is 0 Å². The van der Waals surface area contributed by atoms with E-state index in [1.807, 2.05) is 13.8 Å². The summed E-state index contributed by atoms with van der Waals surface area (Å²) in [5.74, 6) is -1.35. The maximum Gasteiger partial charge on any atom is 0.354 e. The lowest BCUT2D eigenvalue weighted by molar-refractivity contribution is -0.159. The van der Waals surface area contributed by atoms with E-state index >= 15 is 0 Å². The van der Waals surface area contributed by atoms with E-state index in [-0.39, 0.29) is 36.7 Å². The smallest absolute Gasteiger partial charge is 0.354 e. The van der Waals surface area contributed by atoms with Crippen molar-refractivity contribution in [2.75, 3.05) is 16.8 Å². The molecule has 33 heavy (non-hydrogen) atoms. The summed E-state index contributed by atoms with van der Waals surface area (Å²) in [5, 5.41) is 6.85. The Hall–Kier alpha value is -3.69. The molecule has 2 fully saturated rings. The molecular formula is C23H25N5O5. The molecule has 10 heteroatoms. The van der Waals surface area contributed by atoms with Crippen molar-refractivity contribution in [1.82, 2.24) is 14.7 Å². The molecule has 0 bridgehead atoms. The Morgan fingerprint density at radius 2 is 1.97 bits per heavy atom. The number of hydrogen-bond acceptors (Lipinski definition) is 6. The minimum absolute atomic E-state index is 0.0372. The Balaban J connectivity index is 1.41. The summed E-state index contributed by atoms with van der Waals surface area (Å²) in [6.07, 6.45) is 3.32. The summed E-state index contributed by atoms with van der Waals surface area (Å²) in [4.78, 5) is 55.3. The normalized spacial score (nSPS) is 21.8. The standard InChI is InChI=1S/C23H25N5O5/c1-14(2)28-18(10-12-24-28)25-19(29)13-33-22(32)23-11-9-20(30)27(23)17-6-4-3-5-16(17)21(31)26(23)15-7-8-15/h3-6,10,12,14-15H,7-9,11,13H2,1-2H3,(H,25,29). The Bertz CT molecular complexity index is 1150. The second-order valence-corrected chi connectivity index (χ2v) is 8.85. The number of carbonyl (C=O) groups is 4. The molecule has 0 radical (unpaired) electrons. The number of para-hydroxylation sites is 1. The van der Waals surface area contributed by atoms with E-state index < -0.39 is 24.1 Å². The number of aromatic nitrogens is 2. The van der Waals surface area contributed by atoms with Gasteiger partial charge in [-0.05, 0) is 38.8 Å². The molecular weight excluding hydrogens is 426 g/mol. The van der Waals surface area contributed by atoms with Crippen LogP contribution >= 0.6 is 0 Å². The highest BCUT2D eigenvalue weighted by Crippen LogP contribution is 2.49. The first-order valence-electron chi connectivity index (χ1n) is 11.1. The Kier molecular flexibility index (Phi) is 4.95. The Morgan fingerprint density at radius 3 is 2.70 bits per heavy atom. The number of anilines is 2. The van der Waals surface area contributed by atoms with Gasteiger partial charge >= 0.3 is 5.97 Å². The number of fused-ring (bicyclic) bond motifs is 3. The molecule has 5 rings (SSSR count). The predicted octanol–water partition coefficient (Wildman–Crippen LogP) is 2.09. The first kappa shape index (κ1) is 21.2. The minimum atomic E-state index is -1.57. The van der Waals surface area contributed by atoms with Crippen molar-refractivity contribution in [3.05, 3.63) is 42.1 Å². The number of amides is 3. The molecule has 1 aliphatic carbocycles. The van der Waals surface area contributed by atoms with Crippen LogP contribution in [0.25, 0.3) is 0 Å². The van der Waals surface area contributed by atoms with Crippen LogP contribution in [0.15, 0.2) is 36.5 Å². The monoisotopic (exact) mass is 451 g/mol. The predicted molar refractivity (Wildman–Crippen MR) is 117 cm³/mol. The lowest BCUT2D eigenvalue weighted by Crippen LogP contribution is -2.69. The van der Waals surface area contributed by atoms with E-state index in [0.717, 1.165) is 12.8 Å². The minimum Gasteiger partial charge on any atom is -0.452 e. The third-order valence-corrected chi connectivity index (χ3v) is 6.30. The lowest BCUT2D eigenvalue weighted by atomic mass is 9.96. The van der Waals surface area contributed by atoms with Gasteiger partial charge in [0.2, 0.25) is 11.6 Å². The number of nitrogens with zero attached hydrogens (tertiary/aromatic N) is 4. The SMILES string of the molecule is CC(C)n1nccc1NC(=O)COC(=O)C12CCC(=O)N1c1ccccc1C(=O)N2C1CC1. The zero-order valence-corrected chi connectivity index (χ0v) is 18.5. The van der Waals surface area contributed by atoms with Gasteiger partial charge in [0.15, 0.2) is 6.61 Å². The Labute approximate surface area is 190 Å². The van der Waals surface area contributed by atoms with Gasteiger partial charge < -0.3 is 15.0 Å². The van der Waals surface area contributed by atoms with Gasteiger partial charge in [0.1, 0.15) is 5.82 Å². The summed E-state index contributed by atoms with van der Waals surface area (Å²) >= 11 is 0. The van der Waals surface area contributed by atoms with Gasteiger partial charge in [0, 0.05) is 31.0 Å². The Morgan fingerprint density at radius 1 is 1.21 bits per heavy atom. The molecule has 1 atom stereocenters. The summed E-state index contributed by atoms with van der Waals surface area (Å²) in [6, 6.07) is 8.35. The van der Waals surface area contributed by atoms with Crippen LogP contribution in [0.4, 0.5) is 11.5 Å². The number of benzene rings is 1. The fraction of sp³-hybridized carbons (Fsp3) is 0.435. The first-order valence-corrected chi connectivity index (χ1v) is 11.1. The molecule has 1 saturated heterocycles. The molecule has 2 aromatic rings. The highest BCUT2D eigenvalue weighted by atomic mass is 16.5. The van der Waals surface area contributed by atoms with Gasteiger partial charge in [-0.25, -0.2) is 9.48 Å². The quantitative estimate of drug-likeness (QED) is 0.673. The van der Waals surface area contributed by atoms with Crippen LogP contribution in [0, 0.1) is 0 Å².